The van der Waals surface area contributed by atoms with Crippen LogP contribution in [0.15, 0.2) is 42.5 Å². The maximum Gasteiger partial charge on any atom is 0.0598 e. The number of nitrogens with one attached hydrogen (secondary N) is 1. The van der Waals surface area contributed by atoms with Gasteiger partial charge in [0.25, 0.3) is 0 Å². The van der Waals surface area contributed by atoms with Crippen molar-refractivity contribution in [3.05, 3.63) is 58.1 Å². The van der Waals surface area contributed by atoms with Crippen LogP contribution in [0.2, 0.25) is 10.0 Å². The molecule has 2 rings (SSSR count). The van der Waals surface area contributed by atoms with E-state index in [0.29, 0.717) is 16.1 Å². The van der Waals surface area contributed by atoms with Crippen molar-refractivity contribution in [2.45, 2.75) is 26.3 Å². The second kappa shape index (κ2) is 7.12. The lowest BCUT2D eigenvalue weighted by Crippen LogP contribution is -2.19. The van der Waals surface area contributed by atoms with Gasteiger partial charge in [-0.2, -0.15) is 0 Å². The van der Waals surface area contributed by atoms with E-state index in [9.17, 15) is 0 Å². The Morgan fingerprint density at radius 2 is 1.60 bits per heavy atom. The van der Waals surface area contributed by atoms with Gasteiger partial charge in [0.15, 0.2) is 0 Å². The third-order valence-electron chi connectivity index (χ3n) is 3.36. The van der Waals surface area contributed by atoms with Gasteiger partial charge in [0, 0.05) is 6.04 Å². The molecule has 1 N–H and O–H groups in total. The van der Waals surface area contributed by atoms with E-state index in [1.54, 1.807) is 0 Å². The Balaban J connectivity index is 2.17. The van der Waals surface area contributed by atoms with Crippen LogP contribution in [0.1, 0.15) is 31.9 Å². The lowest BCUT2D eigenvalue weighted by atomic mass is 10.0. The maximum absolute atomic E-state index is 6.06. The van der Waals surface area contributed by atoms with Crippen LogP contribution in [-0.4, -0.2) is 6.54 Å². The maximum atomic E-state index is 6.06. The largest absolute Gasteiger partial charge is 0.310 e. The van der Waals surface area contributed by atoms with Crippen molar-refractivity contribution in [3.8, 4) is 11.1 Å². The molecular formula is C17H19Cl2N. The molecule has 0 amide bonds. The Bertz CT molecular complexity index is 564. The van der Waals surface area contributed by atoms with E-state index in [-0.39, 0.29) is 0 Å². The van der Waals surface area contributed by atoms with Gasteiger partial charge in [0.2, 0.25) is 0 Å². The van der Waals surface area contributed by atoms with E-state index < -0.39 is 0 Å². The average molecular weight is 308 g/mol. The molecule has 0 aromatic heterocycles. The van der Waals surface area contributed by atoms with Crippen LogP contribution >= 0.6 is 23.2 Å². The van der Waals surface area contributed by atoms with E-state index in [1.807, 2.05) is 18.2 Å². The molecule has 2 aromatic carbocycles. The van der Waals surface area contributed by atoms with E-state index >= 15 is 0 Å². The molecule has 2 aromatic rings. The zero-order valence-electron chi connectivity index (χ0n) is 11.8. The molecule has 0 aliphatic heterocycles. The van der Waals surface area contributed by atoms with Gasteiger partial charge < -0.3 is 5.32 Å². The average Bonchev–Trinajstić information content (AvgIpc) is 2.48. The van der Waals surface area contributed by atoms with E-state index in [0.717, 1.165) is 24.1 Å². The predicted molar refractivity (Wildman–Crippen MR) is 88.6 cm³/mol. The van der Waals surface area contributed by atoms with Gasteiger partial charge in [-0.3, -0.25) is 0 Å². The first-order chi connectivity index (χ1) is 9.61. The summed E-state index contributed by atoms with van der Waals surface area (Å²) in [5.74, 6) is 0. The van der Waals surface area contributed by atoms with Gasteiger partial charge in [0.1, 0.15) is 0 Å². The molecule has 1 atom stereocenters. The van der Waals surface area contributed by atoms with Crippen molar-refractivity contribution in [1.29, 1.82) is 0 Å². The van der Waals surface area contributed by atoms with Gasteiger partial charge in [-0.25, -0.2) is 0 Å². The first kappa shape index (κ1) is 15.4. The molecule has 0 heterocycles. The number of halogens is 2. The number of rotatable bonds is 5. The standard InChI is InChI=1S/C17H19Cl2N/c1-3-10-20-12(2)13-4-6-14(7-5-13)15-8-9-16(18)17(19)11-15/h4-9,11-12,20H,3,10H2,1-2H3. The summed E-state index contributed by atoms with van der Waals surface area (Å²) >= 11 is 12.0. The normalized spacial score (nSPS) is 12.4. The molecular weight excluding hydrogens is 289 g/mol. The summed E-state index contributed by atoms with van der Waals surface area (Å²) in [5, 5.41) is 4.66. The van der Waals surface area contributed by atoms with Gasteiger partial charge in [-0.15, -0.1) is 0 Å². The first-order valence-electron chi connectivity index (χ1n) is 6.90. The van der Waals surface area contributed by atoms with Crippen LogP contribution in [0.3, 0.4) is 0 Å². The Labute approximate surface area is 130 Å². The summed E-state index contributed by atoms with van der Waals surface area (Å²) in [6.45, 7) is 5.40. The molecule has 106 valence electrons. The number of hydrogen-bond donors (Lipinski definition) is 1. The molecule has 0 saturated heterocycles. The van der Waals surface area contributed by atoms with Crippen LogP contribution in [-0.2, 0) is 0 Å². The summed E-state index contributed by atoms with van der Waals surface area (Å²) in [7, 11) is 0. The summed E-state index contributed by atoms with van der Waals surface area (Å²) in [6, 6.07) is 14.7. The summed E-state index contributed by atoms with van der Waals surface area (Å²) < 4.78 is 0. The fraction of sp³-hybridized carbons (Fsp3) is 0.294. The molecule has 0 fully saturated rings. The Kier molecular flexibility index (Phi) is 5.47. The van der Waals surface area contributed by atoms with Crippen molar-refractivity contribution >= 4 is 23.2 Å². The molecule has 1 nitrogen and oxygen atoms in total. The second-order valence-corrected chi connectivity index (χ2v) is 5.74. The Morgan fingerprint density at radius 1 is 0.950 bits per heavy atom. The third-order valence-corrected chi connectivity index (χ3v) is 4.10. The summed E-state index contributed by atoms with van der Waals surface area (Å²) in [4.78, 5) is 0. The Hall–Kier alpha value is -1.02. The van der Waals surface area contributed by atoms with Gasteiger partial charge in [-0.1, -0.05) is 60.5 Å². The van der Waals surface area contributed by atoms with Crippen molar-refractivity contribution < 1.29 is 0 Å². The lowest BCUT2D eigenvalue weighted by Gasteiger charge is -2.14. The lowest BCUT2D eigenvalue weighted by molar-refractivity contribution is 0.571. The minimum atomic E-state index is 0.373. The fourth-order valence-electron chi connectivity index (χ4n) is 2.12. The summed E-state index contributed by atoms with van der Waals surface area (Å²) in [5.41, 5.74) is 3.53. The number of hydrogen-bond acceptors (Lipinski definition) is 1. The molecule has 0 aliphatic rings. The van der Waals surface area contributed by atoms with Gasteiger partial charge in [-0.05, 0) is 48.7 Å². The van der Waals surface area contributed by atoms with E-state index in [1.165, 1.54) is 5.56 Å². The monoisotopic (exact) mass is 307 g/mol. The predicted octanol–water partition coefficient (Wildman–Crippen LogP) is 5.72. The second-order valence-electron chi connectivity index (χ2n) is 4.93. The van der Waals surface area contributed by atoms with Crippen LogP contribution in [0, 0.1) is 0 Å². The highest BCUT2D eigenvalue weighted by Gasteiger charge is 2.06. The van der Waals surface area contributed by atoms with Gasteiger partial charge in [0.05, 0.1) is 10.0 Å². The zero-order chi connectivity index (χ0) is 14.5. The molecule has 0 spiro atoms. The minimum Gasteiger partial charge on any atom is -0.310 e. The van der Waals surface area contributed by atoms with Crippen LogP contribution in [0.5, 0.6) is 0 Å². The molecule has 0 saturated carbocycles. The van der Waals surface area contributed by atoms with Crippen molar-refractivity contribution in [1.82, 2.24) is 5.32 Å². The molecule has 3 heteroatoms. The van der Waals surface area contributed by atoms with Crippen molar-refractivity contribution in [2.24, 2.45) is 0 Å². The number of benzene rings is 2. The van der Waals surface area contributed by atoms with Crippen LogP contribution in [0.4, 0.5) is 0 Å². The smallest absolute Gasteiger partial charge is 0.0598 e. The molecule has 1 unspecified atom stereocenters. The molecule has 20 heavy (non-hydrogen) atoms. The SMILES string of the molecule is CCCNC(C)c1ccc(-c2ccc(Cl)c(Cl)c2)cc1. The van der Waals surface area contributed by atoms with Crippen molar-refractivity contribution in [2.75, 3.05) is 6.54 Å². The summed E-state index contributed by atoms with van der Waals surface area (Å²) in [6.07, 6.45) is 1.14. The molecule has 0 aliphatic carbocycles. The van der Waals surface area contributed by atoms with Crippen LogP contribution < -0.4 is 5.32 Å². The topological polar surface area (TPSA) is 12.0 Å². The highest BCUT2D eigenvalue weighted by Crippen LogP contribution is 2.29. The highest BCUT2D eigenvalue weighted by atomic mass is 35.5. The minimum absolute atomic E-state index is 0.373. The fourth-order valence-corrected chi connectivity index (χ4v) is 2.42. The third kappa shape index (κ3) is 3.76. The van der Waals surface area contributed by atoms with Gasteiger partial charge >= 0.3 is 0 Å². The van der Waals surface area contributed by atoms with Crippen LogP contribution in [0.25, 0.3) is 11.1 Å². The zero-order valence-corrected chi connectivity index (χ0v) is 13.3. The Morgan fingerprint density at radius 3 is 2.20 bits per heavy atom. The van der Waals surface area contributed by atoms with Crippen molar-refractivity contribution in [3.63, 3.8) is 0 Å². The van der Waals surface area contributed by atoms with E-state index in [2.05, 4.69) is 43.4 Å². The highest BCUT2D eigenvalue weighted by molar-refractivity contribution is 6.42. The molecule has 0 bridgehead atoms. The first-order valence-corrected chi connectivity index (χ1v) is 7.66. The quantitative estimate of drug-likeness (QED) is 0.744. The molecule has 0 radical (unpaired) electrons. The van der Waals surface area contributed by atoms with E-state index in [4.69, 9.17) is 23.2 Å².